The van der Waals surface area contributed by atoms with E-state index in [1.54, 1.807) is 0 Å². The fourth-order valence-corrected chi connectivity index (χ4v) is 0.959. The summed E-state index contributed by atoms with van der Waals surface area (Å²) >= 11 is 0. The molecule has 0 rings (SSSR count). The maximum absolute atomic E-state index is 3.39. The van der Waals surface area contributed by atoms with Crippen molar-refractivity contribution < 1.29 is 0 Å². The molecular formula is C11H29N3. The zero-order valence-corrected chi connectivity index (χ0v) is 10.9. The third-order valence-electron chi connectivity index (χ3n) is 1.79. The molecule has 3 nitrogen and oxygen atoms in total. The van der Waals surface area contributed by atoms with Crippen LogP contribution < -0.4 is 10.6 Å². The number of likely N-dealkylation sites (N-methyl/N-ethyl adjacent to an activating group) is 2. The van der Waals surface area contributed by atoms with Gasteiger partial charge in [0.1, 0.15) is 0 Å². The molecule has 0 heterocycles. The van der Waals surface area contributed by atoms with Crippen LogP contribution in [0.1, 0.15) is 27.7 Å². The molecule has 0 fully saturated rings. The molecular weight excluding hydrogens is 174 g/mol. The van der Waals surface area contributed by atoms with E-state index < -0.39 is 0 Å². The molecule has 0 radical (unpaired) electrons. The average molecular weight is 203 g/mol. The molecule has 0 spiro atoms. The zero-order chi connectivity index (χ0) is 11.4. The minimum Gasteiger partial charge on any atom is -0.318 e. The van der Waals surface area contributed by atoms with E-state index >= 15 is 0 Å². The largest absolute Gasteiger partial charge is 0.318 e. The van der Waals surface area contributed by atoms with Gasteiger partial charge in [0, 0.05) is 32.2 Å². The highest BCUT2D eigenvalue weighted by molar-refractivity contribution is 4.58. The summed E-state index contributed by atoms with van der Waals surface area (Å²) < 4.78 is 0. The van der Waals surface area contributed by atoms with Crippen LogP contribution in [0.25, 0.3) is 0 Å². The first-order chi connectivity index (χ1) is 6.66. The molecule has 0 aromatic rings. The molecule has 0 aromatic carbocycles. The fraction of sp³-hybridized carbons (Fsp3) is 1.00. The molecule has 0 saturated carbocycles. The van der Waals surface area contributed by atoms with Gasteiger partial charge in [-0.25, -0.2) is 0 Å². The van der Waals surface area contributed by atoms with E-state index in [-0.39, 0.29) is 0 Å². The Morgan fingerprint density at radius 1 is 1.07 bits per heavy atom. The molecule has 2 N–H and O–H groups in total. The van der Waals surface area contributed by atoms with E-state index in [1.165, 1.54) is 0 Å². The number of hydrogen-bond acceptors (Lipinski definition) is 3. The normalized spacial score (nSPS) is 10.3. The van der Waals surface area contributed by atoms with Crippen LogP contribution >= 0.6 is 0 Å². The molecule has 0 saturated heterocycles. The molecule has 0 amide bonds. The summed E-state index contributed by atoms with van der Waals surface area (Å²) in [6, 6.07) is 0.600. The first-order valence-electron chi connectivity index (χ1n) is 5.73. The van der Waals surface area contributed by atoms with Crippen LogP contribution in [-0.2, 0) is 0 Å². The molecule has 0 aliphatic carbocycles. The Bertz CT molecular complexity index is 94.5. The minimum atomic E-state index is 0.600. The number of nitrogens with one attached hydrogen (secondary N) is 2. The van der Waals surface area contributed by atoms with Crippen molar-refractivity contribution in [3.8, 4) is 0 Å². The van der Waals surface area contributed by atoms with Crippen LogP contribution in [0.3, 0.4) is 0 Å². The number of nitrogens with zero attached hydrogens (tertiary/aromatic N) is 1. The van der Waals surface area contributed by atoms with Crippen LogP contribution in [0, 0.1) is 0 Å². The molecule has 88 valence electrons. The molecule has 0 aliphatic rings. The second-order valence-corrected chi connectivity index (χ2v) is 3.52. The molecule has 0 atom stereocenters. The summed E-state index contributed by atoms with van der Waals surface area (Å²) in [4.78, 5) is 2.33. The zero-order valence-electron chi connectivity index (χ0n) is 10.9. The van der Waals surface area contributed by atoms with Gasteiger partial charge in [-0.1, -0.05) is 27.7 Å². The Morgan fingerprint density at radius 3 is 2.00 bits per heavy atom. The monoisotopic (exact) mass is 203 g/mol. The van der Waals surface area contributed by atoms with Crippen LogP contribution in [0.2, 0.25) is 0 Å². The van der Waals surface area contributed by atoms with E-state index in [4.69, 9.17) is 0 Å². The van der Waals surface area contributed by atoms with Crippen LogP contribution in [0.4, 0.5) is 0 Å². The van der Waals surface area contributed by atoms with Gasteiger partial charge in [-0.15, -0.1) is 0 Å². The van der Waals surface area contributed by atoms with E-state index in [0.717, 1.165) is 26.2 Å². The van der Waals surface area contributed by atoms with Crippen molar-refractivity contribution in [1.29, 1.82) is 0 Å². The minimum absolute atomic E-state index is 0.600. The molecule has 3 heteroatoms. The van der Waals surface area contributed by atoms with Gasteiger partial charge in [0.15, 0.2) is 0 Å². The van der Waals surface area contributed by atoms with Crippen molar-refractivity contribution in [1.82, 2.24) is 15.5 Å². The maximum atomic E-state index is 3.39. The smallest absolute Gasteiger partial charge is 0.0104 e. The quantitative estimate of drug-likeness (QED) is 0.650. The van der Waals surface area contributed by atoms with E-state index in [9.17, 15) is 0 Å². The summed E-state index contributed by atoms with van der Waals surface area (Å²) in [5.74, 6) is 0. The molecule has 0 bridgehead atoms. The SMILES string of the molecule is CC.CNCCN(C)CCNC(C)C. The molecule has 0 aromatic heterocycles. The predicted octanol–water partition coefficient (Wildman–Crippen LogP) is 1.16. The van der Waals surface area contributed by atoms with Gasteiger partial charge in [-0.2, -0.15) is 0 Å². The second-order valence-electron chi connectivity index (χ2n) is 3.52. The lowest BCUT2D eigenvalue weighted by Gasteiger charge is -2.17. The van der Waals surface area contributed by atoms with Crippen molar-refractivity contribution in [2.75, 3.05) is 40.3 Å². The summed E-state index contributed by atoms with van der Waals surface area (Å²) in [5, 5.41) is 6.53. The van der Waals surface area contributed by atoms with E-state index in [2.05, 4.69) is 36.4 Å². The van der Waals surface area contributed by atoms with Gasteiger partial charge in [-0.05, 0) is 14.1 Å². The Hall–Kier alpha value is -0.120. The molecule has 0 unspecified atom stereocenters. The highest BCUT2D eigenvalue weighted by Crippen LogP contribution is 1.80. The summed E-state index contributed by atoms with van der Waals surface area (Å²) in [6.07, 6.45) is 0. The molecule has 14 heavy (non-hydrogen) atoms. The lowest BCUT2D eigenvalue weighted by molar-refractivity contribution is 0.328. The number of hydrogen-bond donors (Lipinski definition) is 2. The second kappa shape index (κ2) is 12.9. The van der Waals surface area contributed by atoms with Crippen molar-refractivity contribution >= 4 is 0 Å². The van der Waals surface area contributed by atoms with Gasteiger partial charge in [0.2, 0.25) is 0 Å². The number of rotatable bonds is 7. The maximum Gasteiger partial charge on any atom is 0.0104 e. The first kappa shape index (κ1) is 16.3. The summed E-state index contributed by atoms with van der Waals surface area (Å²) in [7, 11) is 4.14. The Balaban J connectivity index is 0. The highest BCUT2D eigenvalue weighted by atomic mass is 15.1. The first-order valence-corrected chi connectivity index (χ1v) is 5.73. The van der Waals surface area contributed by atoms with Gasteiger partial charge in [0.05, 0.1) is 0 Å². The van der Waals surface area contributed by atoms with Crippen molar-refractivity contribution in [2.24, 2.45) is 0 Å². The Labute approximate surface area is 90.3 Å². The van der Waals surface area contributed by atoms with Crippen LogP contribution in [0.5, 0.6) is 0 Å². The Kier molecular flexibility index (Phi) is 15.0. The topological polar surface area (TPSA) is 27.3 Å². The van der Waals surface area contributed by atoms with Gasteiger partial charge >= 0.3 is 0 Å². The van der Waals surface area contributed by atoms with Gasteiger partial charge in [-0.3, -0.25) is 0 Å². The summed E-state index contributed by atoms with van der Waals surface area (Å²) in [6.45, 7) is 12.7. The fourth-order valence-electron chi connectivity index (χ4n) is 0.959. The van der Waals surface area contributed by atoms with Gasteiger partial charge < -0.3 is 15.5 Å². The standard InChI is InChI=1S/C9H23N3.C2H6/c1-9(2)11-6-8-12(4)7-5-10-3;1-2/h9-11H,5-8H2,1-4H3;1-2H3. The van der Waals surface area contributed by atoms with Gasteiger partial charge in [0.25, 0.3) is 0 Å². The third-order valence-corrected chi connectivity index (χ3v) is 1.79. The highest BCUT2D eigenvalue weighted by Gasteiger charge is 1.96. The van der Waals surface area contributed by atoms with Crippen molar-refractivity contribution in [2.45, 2.75) is 33.7 Å². The van der Waals surface area contributed by atoms with E-state index in [0.29, 0.717) is 6.04 Å². The third kappa shape index (κ3) is 14.4. The predicted molar refractivity (Wildman–Crippen MR) is 65.9 cm³/mol. The van der Waals surface area contributed by atoms with Crippen LogP contribution in [-0.4, -0.2) is 51.2 Å². The van der Waals surface area contributed by atoms with E-state index in [1.807, 2.05) is 20.9 Å². The van der Waals surface area contributed by atoms with Crippen LogP contribution in [0.15, 0.2) is 0 Å². The lowest BCUT2D eigenvalue weighted by Crippen LogP contribution is -2.35. The molecule has 0 aliphatic heterocycles. The van der Waals surface area contributed by atoms with Crippen molar-refractivity contribution in [3.63, 3.8) is 0 Å². The van der Waals surface area contributed by atoms with Crippen molar-refractivity contribution in [3.05, 3.63) is 0 Å². The summed E-state index contributed by atoms with van der Waals surface area (Å²) in [5.41, 5.74) is 0. The Morgan fingerprint density at radius 2 is 1.57 bits per heavy atom. The average Bonchev–Trinajstić information content (AvgIpc) is 2.17. The lowest BCUT2D eigenvalue weighted by atomic mass is 10.4.